The van der Waals surface area contributed by atoms with Gasteiger partial charge in [0.15, 0.2) is 0 Å². The Kier molecular flexibility index (Phi) is 5.32. The number of benzene rings is 10. The summed E-state index contributed by atoms with van der Waals surface area (Å²) < 4.78 is 193. The molecule has 0 spiro atoms. The summed E-state index contributed by atoms with van der Waals surface area (Å²) in [6.45, 7) is 0. The molecule has 10 aromatic carbocycles. The minimum absolute atomic E-state index is 0.194. The summed E-state index contributed by atoms with van der Waals surface area (Å²) in [6, 6.07) is 17.6. The van der Waals surface area contributed by atoms with Crippen molar-refractivity contribution in [2.75, 3.05) is 4.90 Å². The van der Waals surface area contributed by atoms with Crippen molar-refractivity contribution in [3.63, 3.8) is 0 Å². The van der Waals surface area contributed by atoms with E-state index < -0.39 is 166 Å². The molecule has 0 saturated carbocycles. The van der Waals surface area contributed by atoms with E-state index >= 15 is 0 Å². The van der Waals surface area contributed by atoms with Crippen LogP contribution < -0.4 is 4.90 Å². The highest BCUT2D eigenvalue weighted by molar-refractivity contribution is 5.97. The van der Waals surface area contributed by atoms with Crippen LogP contribution in [-0.4, -0.2) is 0 Å². The first-order valence-corrected chi connectivity index (χ1v) is 18.5. The third kappa shape index (κ3) is 7.46. The van der Waals surface area contributed by atoms with Gasteiger partial charge in [0.2, 0.25) is 0 Å². The van der Waals surface area contributed by atoms with Crippen LogP contribution >= 0.6 is 0 Å². The van der Waals surface area contributed by atoms with Gasteiger partial charge in [0, 0.05) is 17.1 Å². The van der Waals surface area contributed by atoms with Crippen molar-refractivity contribution in [1.29, 1.82) is 0 Å². The number of nitrogens with zero attached hydrogens (tertiary/aromatic N) is 1. The van der Waals surface area contributed by atoms with Gasteiger partial charge >= 0.3 is 0 Å². The van der Waals surface area contributed by atoms with Gasteiger partial charge < -0.3 is 4.90 Å². The van der Waals surface area contributed by atoms with Gasteiger partial charge in [-0.2, -0.15) is 0 Å². The highest BCUT2D eigenvalue weighted by atomic mass is 15.1. The molecule has 0 aliphatic rings. The fourth-order valence-corrected chi connectivity index (χ4v) is 6.77. The number of hydrogen-bond donors (Lipinski definition) is 0. The summed E-state index contributed by atoms with van der Waals surface area (Å²) >= 11 is 0. The number of rotatable bonds is 9. The van der Waals surface area contributed by atoms with E-state index in [2.05, 4.69) is 0 Å². The fraction of sp³-hybridized carbons (Fsp3) is 0. The van der Waals surface area contributed by atoms with E-state index in [-0.39, 0.29) is 22.3 Å². The molecule has 0 heterocycles. The molecule has 0 fully saturated rings. The van der Waals surface area contributed by atoms with E-state index in [1.54, 1.807) is 54.6 Å². The van der Waals surface area contributed by atoms with Gasteiger partial charge in [-0.05, 0) is 132 Å². The summed E-state index contributed by atoms with van der Waals surface area (Å²) in [4.78, 5) is 0.679. The molecule has 0 atom stereocenters. The van der Waals surface area contributed by atoms with Crippen molar-refractivity contribution < 1.29 is 28.8 Å². The van der Waals surface area contributed by atoms with Gasteiger partial charge in [-0.25, -0.2) is 0 Å². The SMILES string of the molecule is [2H]c1c([2H])c([2H])c(-c2c([2H])c([2H])c(-c3c([2H])c([2H])c(N(c4c([2H])c([2H])c(-c5cc(-c6ccccc6)cc(-c6ccccc6)c5)c([2H])c4[2H])c4c([2H])c([2H])c([2H])c(-c5cccc6ccccc56)c4[2H])c([2H])c3[2H])c([2H])c2[2H])c([2H])c1[2H]. The van der Waals surface area contributed by atoms with E-state index in [0.29, 0.717) is 26.8 Å². The first kappa shape index (κ1) is 19.6. The van der Waals surface area contributed by atoms with Crippen LogP contribution in [0.2, 0.25) is 0 Å². The van der Waals surface area contributed by atoms with Crippen LogP contribution in [0.25, 0.3) is 77.5 Å². The van der Waals surface area contributed by atoms with Crippen LogP contribution in [0.5, 0.6) is 0 Å². The van der Waals surface area contributed by atoms with E-state index in [4.69, 9.17) is 12.3 Å². The van der Waals surface area contributed by atoms with E-state index in [1.165, 1.54) is 0 Å². The molecule has 0 aromatic heterocycles. The molecule has 0 aliphatic carbocycles. The zero-order valence-corrected chi connectivity index (χ0v) is 31.0. The molecule has 10 aromatic rings. The predicted molar refractivity (Wildman–Crippen MR) is 251 cm³/mol. The van der Waals surface area contributed by atoms with E-state index in [1.807, 2.05) is 66.7 Å². The van der Waals surface area contributed by atoms with Crippen molar-refractivity contribution in [2.24, 2.45) is 0 Å². The predicted octanol–water partition coefficient (Wildman–Crippen LogP) is 16.3. The first-order chi connectivity index (χ1) is 38.0. The second-order valence-electron chi connectivity index (χ2n) is 13.3. The average Bonchev–Trinajstić information content (AvgIpc) is 3.53. The zero-order valence-electron chi connectivity index (χ0n) is 52.0. The smallest absolute Gasteiger partial charge is 0.0651 e. The van der Waals surface area contributed by atoms with Crippen molar-refractivity contribution in [2.45, 2.75) is 0 Å². The summed E-state index contributed by atoms with van der Waals surface area (Å²) in [5, 5.41) is 1.18. The molecule has 0 unspecified atom stereocenters. The Balaban J connectivity index is 1.29. The van der Waals surface area contributed by atoms with Gasteiger partial charge in [-0.3, -0.25) is 0 Å². The van der Waals surface area contributed by atoms with Crippen molar-refractivity contribution >= 4 is 27.8 Å². The zero-order chi connectivity index (χ0) is 57.7. The highest BCUT2D eigenvalue weighted by Gasteiger charge is 2.16. The largest absolute Gasteiger partial charge is 0.310 e. The number of anilines is 3. The number of fused-ring (bicyclic) bond motifs is 1. The molecule has 0 amide bonds. The fourth-order valence-electron chi connectivity index (χ4n) is 6.77. The molecule has 0 aliphatic heterocycles. The molecular weight excluding hydrogens is 711 g/mol. The van der Waals surface area contributed by atoms with Crippen molar-refractivity contribution in [3.05, 3.63) is 248 Å². The summed E-state index contributed by atoms with van der Waals surface area (Å²) in [7, 11) is 0. The molecule has 0 N–H and O–H groups in total. The van der Waals surface area contributed by atoms with Crippen LogP contribution in [0.3, 0.4) is 0 Å². The lowest BCUT2D eigenvalue weighted by atomic mass is 9.93. The second-order valence-corrected chi connectivity index (χ2v) is 13.3. The van der Waals surface area contributed by atoms with Gasteiger partial charge in [0.1, 0.15) is 0 Å². The Morgan fingerprint density at radius 1 is 0.288 bits per heavy atom. The molecule has 1 nitrogen and oxygen atoms in total. The maximum absolute atomic E-state index is 9.94. The van der Waals surface area contributed by atoms with Crippen LogP contribution in [-0.2, 0) is 0 Å². The van der Waals surface area contributed by atoms with Crippen LogP contribution in [0.15, 0.2) is 248 Å². The molecule has 0 saturated heterocycles. The monoisotopic (exact) mass is 772 g/mol. The van der Waals surface area contributed by atoms with Gasteiger partial charge in [-0.15, -0.1) is 0 Å². The molecular formula is C58H41N. The lowest BCUT2D eigenvalue weighted by molar-refractivity contribution is 1.28. The van der Waals surface area contributed by atoms with Gasteiger partial charge in [0.05, 0.1) is 28.8 Å². The molecule has 10 rings (SSSR count). The maximum Gasteiger partial charge on any atom is 0.0651 e. The maximum atomic E-state index is 9.94. The lowest BCUT2D eigenvalue weighted by Gasteiger charge is -2.26. The summed E-state index contributed by atoms with van der Waals surface area (Å²) in [6.07, 6.45) is 0. The quantitative estimate of drug-likeness (QED) is 0.141. The topological polar surface area (TPSA) is 3.24 Å². The van der Waals surface area contributed by atoms with Gasteiger partial charge in [-0.1, -0.05) is 194 Å². The van der Waals surface area contributed by atoms with Crippen LogP contribution in [0, 0.1) is 0 Å². The normalized spacial score (nSPS) is 16.0. The van der Waals surface area contributed by atoms with E-state index in [9.17, 15) is 16.4 Å². The van der Waals surface area contributed by atoms with Crippen LogP contribution in [0.4, 0.5) is 17.1 Å². The Morgan fingerprint density at radius 3 is 1.31 bits per heavy atom. The Labute approximate surface area is 376 Å². The lowest BCUT2D eigenvalue weighted by Crippen LogP contribution is -2.10. The van der Waals surface area contributed by atoms with Crippen molar-refractivity contribution in [3.8, 4) is 66.8 Å². The molecule has 0 radical (unpaired) electrons. The van der Waals surface area contributed by atoms with Crippen molar-refractivity contribution in [1.82, 2.24) is 0 Å². The standard InChI is InChI=1S/C58H41N/c1-4-14-42(15-5-1)45-26-28-46(29-27-45)47-30-34-54(35-31-47)59(56-23-12-22-50(41-56)58-25-13-21-49-20-10-11-24-57(49)58)55-36-32-48(33-37-55)53-39-51(43-16-6-2-7-17-43)38-52(40-53)44-18-8-3-9-19-44/h1-41H/i1D,4D,5D,12D,14D,15D,22D,23D,26D,27D,28D,29D,30D,31D,32D,33D,34D,35D,36D,37D,41D. The molecule has 278 valence electrons. The minimum Gasteiger partial charge on any atom is -0.310 e. The molecule has 59 heavy (non-hydrogen) atoms. The van der Waals surface area contributed by atoms with Gasteiger partial charge in [0.25, 0.3) is 0 Å². The summed E-state index contributed by atoms with van der Waals surface area (Å²) in [5.74, 6) is 0. The molecule has 1 heteroatoms. The Hall–Kier alpha value is -7.74. The van der Waals surface area contributed by atoms with Crippen LogP contribution in [0.1, 0.15) is 28.8 Å². The first-order valence-electron chi connectivity index (χ1n) is 29.0. The number of hydrogen-bond acceptors (Lipinski definition) is 1. The Bertz CT molecular complexity index is 4080. The Morgan fingerprint density at radius 2 is 0.729 bits per heavy atom. The summed E-state index contributed by atoms with van der Waals surface area (Å²) in [5.41, 5.74) is -2.46. The minimum atomic E-state index is -1.07. The average molecular weight is 773 g/mol. The van der Waals surface area contributed by atoms with E-state index in [0.717, 1.165) is 11.1 Å². The molecule has 0 bridgehead atoms. The third-order valence-electron chi connectivity index (χ3n) is 9.63. The third-order valence-corrected chi connectivity index (χ3v) is 9.63. The second kappa shape index (κ2) is 16.0. The highest BCUT2D eigenvalue weighted by Crippen LogP contribution is 2.40.